The molecule has 0 amide bonds. The molecule has 0 saturated carbocycles. The van der Waals surface area contributed by atoms with E-state index in [2.05, 4.69) is 35.7 Å². The number of anilines is 1. The van der Waals surface area contributed by atoms with Crippen LogP contribution in [0.2, 0.25) is 0 Å². The van der Waals surface area contributed by atoms with Gasteiger partial charge in [-0.05, 0) is 54.1 Å². The lowest BCUT2D eigenvalue weighted by Crippen LogP contribution is -1.97. The SMILES string of the molecule is C=CSNC(=C)C.COc1cc(CN)cc2onc(N)c12.COc1ccccc1S. The fourth-order valence-corrected chi connectivity index (χ4v) is 2.70. The molecule has 1 heterocycles. The summed E-state index contributed by atoms with van der Waals surface area (Å²) in [5.41, 5.74) is 13.6. The molecule has 162 valence electrons. The number of nitrogens with two attached hydrogens (primary N) is 2. The molecule has 2 aromatic carbocycles. The number of aromatic nitrogens is 1. The van der Waals surface area contributed by atoms with E-state index < -0.39 is 0 Å². The zero-order chi connectivity index (χ0) is 22.5. The van der Waals surface area contributed by atoms with Crippen molar-refractivity contribution in [2.75, 3.05) is 20.0 Å². The van der Waals surface area contributed by atoms with Crippen LogP contribution in [0, 0.1) is 0 Å². The molecule has 0 aliphatic heterocycles. The minimum Gasteiger partial charge on any atom is -0.496 e. The van der Waals surface area contributed by atoms with Crippen molar-refractivity contribution in [2.45, 2.75) is 18.4 Å². The second-order valence-electron chi connectivity index (χ2n) is 5.78. The summed E-state index contributed by atoms with van der Waals surface area (Å²) in [6.07, 6.45) is 0. The summed E-state index contributed by atoms with van der Waals surface area (Å²) >= 11 is 5.58. The summed E-state index contributed by atoms with van der Waals surface area (Å²) in [6, 6.07) is 11.2. The number of para-hydroxylation sites is 1. The highest BCUT2D eigenvalue weighted by Gasteiger charge is 2.12. The van der Waals surface area contributed by atoms with E-state index in [1.807, 2.05) is 37.3 Å². The third-order valence-electron chi connectivity index (χ3n) is 3.48. The van der Waals surface area contributed by atoms with Crippen LogP contribution in [0.3, 0.4) is 0 Å². The van der Waals surface area contributed by atoms with Gasteiger partial charge in [0, 0.05) is 17.1 Å². The van der Waals surface area contributed by atoms with Crippen LogP contribution in [0.4, 0.5) is 5.82 Å². The Balaban J connectivity index is 0.000000244. The number of hydrogen-bond donors (Lipinski definition) is 4. The van der Waals surface area contributed by atoms with Crippen LogP contribution >= 0.6 is 24.6 Å². The minimum absolute atomic E-state index is 0.334. The molecule has 0 fully saturated rings. The summed E-state index contributed by atoms with van der Waals surface area (Å²) in [4.78, 5) is 0.875. The maximum absolute atomic E-state index is 5.63. The van der Waals surface area contributed by atoms with Gasteiger partial charge in [0.1, 0.15) is 16.9 Å². The minimum atomic E-state index is 0.334. The van der Waals surface area contributed by atoms with Gasteiger partial charge in [0.2, 0.25) is 0 Å². The summed E-state index contributed by atoms with van der Waals surface area (Å²) in [5, 5.41) is 6.08. The number of nitrogens with zero attached hydrogens (tertiary/aromatic N) is 1. The number of ether oxygens (including phenoxy) is 2. The predicted molar refractivity (Wildman–Crippen MR) is 129 cm³/mol. The number of rotatable bonds is 6. The van der Waals surface area contributed by atoms with E-state index in [1.165, 1.54) is 11.9 Å². The Morgan fingerprint density at radius 2 is 1.93 bits per heavy atom. The molecule has 0 aliphatic rings. The standard InChI is InChI=1S/C9H11N3O2.C7H8OS.C5H9NS/c1-13-6-2-5(4-10)3-7-8(6)9(11)12-14-7;1-8-6-4-2-3-5-7(6)9;1-4-7-6-5(2)3/h2-3H,4,10H2,1H3,(H2,11,12);2-5,9H,1H3;4,6H,1-2H2,3H3. The van der Waals surface area contributed by atoms with Crippen molar-refractivity contribution in [3.05, 3.63) is 66.2 Å². The highest BCUT2D eigenvalue weighted by molar-refractivity contribution is 8.00. The first-order valence-corrected chi connectivity index (χ1v) is 10.1. The van der Waals surface area contributed by atoms with Crippen molar-refractivity contribution in [3.8, 4) is 11.5 Å². The topological polar surface area (TPSA) is 109 Å². The number of nitrogens with one attached hydrogen (secondary N) is 1. The van der Waals surface area contributed by atoms with Crippen LogP contribution < -0.4 is 25.7 Å². The number of fused-ring (bicyclic) bond motifs is 1. The zero-order valence-corrected chi connectivity index (χ0v) is 19.1. The van der Waals surface area contributed by atoms with Crippen molar-refractivity contribution in [1.82, 2.24) is 9.88 Å². The van der Waals surface area contributed by atoms with Gasteiger partial charge >= 0.3 is 0 Å². The summed E-state index contributed by atoms with van der Waals surface area (Å²) < 4.78 is 18.1. The van der Waals surface area contributed by atoms with E-state index in [4.69, 9.17) is 25.5 Å². The van der Waals surface area contributed by atoms with E-state index in [0.717, 1.165) is 21.9 Å². The third-order valence-corrected chi connectivity index (χ3v) is 4.48. The molecule has 0 radical (unpaired) electrons. The Labute approximate surface area is 187 Å². The third kappa shape index (κ3) is 7.94. The number of allylic oxidation sites excluding steroid dienone is 1. The van der Waals surface area contributed by atoms with Gasteiger partial charge in [0.05, 0.1) is 14.2 Å². The van der Waals surface area contributed by atoms with Gasteiger partial charge in [-0.15, -0.1) is 12.6 Å². The molecule has 0 spiro atoms. The average Bonchev–Trinajstić information content (AvgIpc) is 3.13. The Bertz CT molecular complexity index is 961. The molecule has 0 atom stereocenters. The second-order valence-corrected chi connectivity index (χ2v) is 7.04. The van der Waals surface area contributed by atoms with Crippen LogP contribution in [-0.4, -0.2) is 19.4 Å². The van der Waals surface area contributed by atoms with Gasteiger partial charge in [0.25, 0.3) is 0 Å². The summed E-state index contributed by atoms with van der Waals surface area (Å²) in [5.74, 6) is 1.79. The maximum atomic E-state index is 5.63. The van der Waals surface area contributed by atoms with Crippen LogP contribution in [0.5, 0.6) is 11.5 Å². The highest BCUT2D eigenvalue weighted by Crippen LogP contribution is 2.31. The monoisotopic (exact) mass is 448 g/mol. The van der Waals surface area contributed by atoms with E-state index in [0.29, 0.717) is 29.1 Å². The van der Waals surface area contributed by atoms with Crippen LogP contribution in [-0.2, 0) is 6.54 Å². The summed E-state index contributed by atoms with van der Waals surface area (Å²) in [6.45, 7) is 9.43. The second kappa shape index (κ2) is 13.5. The fourth-order valence-electron chi connectivity index (χ4n) is 2.16. The first kappa shape index (κ1) is 25.3. The zero-order valence-electron chi connectivity index (χ0n) is 17.3. The molecule has 3 rings (SSSR count). The molecule has 0 bridgehead atoms. The number of methoxy groups -OCH3 is 2. The lowest BCUT2D eigenvalue weighted by molar-refractivity contribution is 0.405. The van der Waals surface area contributed by atoms with Crippen molar-refractivity contribution < 1.29 is 14.0 Å². The maximum Gasteiger partial charge on any atom is 0.178 e. The van der Waals surface area contributed by atoms with Crippen molar-refractivity contribution in [1.29, 1.82) is 0 Å². The van der Waals surface area contributed by atoms with Gasteiger partial charge in [-0.2, -0.15) is 0 Å². The molecule has 30 heavy (non-hydrogen) atoms. The van der Waals surface area contributed by atoms with E-state index in [-0.39, 0.29) is 0 Å². The molecule has 7 nitrogen and oxygen atoms in total. The van der Waals surface area contributed by atoms with Crippen LogP contribution in [0.25, 0.3) is 11.0 Å². The largest absolute Gasteiger partial charge is 0.496 e. The fraction of sp³-hybridized carbons (Fsp3) is 0.190. The predicted octanol–water partition coefficient (Wildman–Crippen LogP) is 4.76. The van der Waals surface area contributed by atoms with Crippen LogP contribution in [0.1, 0.15) is 12.5 Å². The Morgan fingerprint density at radius 1 is 1.27 bits per heavy atom. The molecule has 1 aromatic heterocycles. The molecular formula is C21H28N4O3S2. The van der Waals surface area contributed by atoms with Crippen LogP contribution in [0.15, 0.2) is 70.1 Å². The van der Waals surface area contributed by atoms with E-state index >= 15 is 0 Å². The lowest BCUT2D eigenvalue weighted by Gasteiger charge is -2.03. The normalized spacial score (nSPS) is 9.50. The first-order valence-electron chi connectivity index (χ1n) is 8.79. The Morgan fingerprint density at radius 3 is 2.40 bits per heavy atom. The molecule has 3 aromatic rings. The Kier molecular flexibility index (Phi) is 11.4. The molecular weight excluding hydrogens is 420 g/mol. The molecule has 9 heteroatoms. The molecule has 5 N–H and O–H groups in total. The van der Waals surface area contributed by atoms with Gasteiger partial charge in [-0.25, -0.2) is 0 Å². The molecule has 0 saturated heterocycles. The average molecular weight is 449 g/mol. The smallest absolute Gasteiger partial charge is 0.178 e. The molecule has 0 unspecified atom stereocenters. The van der Waals surface area contributed by atoms with Crippen molar-refractivity contribution in [2.24, 2.45) is 5.73 Å². The van der Waals surface area contributed by atoms with Gasteiger partial charge in [-0.1, -0.05) is 30.4 Å². The van der Waals surface area contributed by atoms with Gasteiger partial charge < -0.3 is 30.2 Å². The quantitative estimate of drug-likeness (QED) is 0.316. The number of hydrogen-bond acceptors (Lipinski definition) is 9. The highest BCUT2D eigenvalue weighted by atomic mass is 32.2. The van der Waals surface area contributed by atoms with Crippen molar-refractivity contribution >= 4 is 41.4 Å². The summed E-state index contributed by atoms with van der Waals surface area (Å²) in [7, 11) is 3.20. The number of nitrogen functional groups attached to an aromatic ring is 1. The first-order chi connectivity index (χ1) is 14.4. The number of thiol groups is 1. The van der Waals surface area contributed by atoms with E-state index in [1.54, 1.807) is 25.7 Å². The van der Waals surface area contributed by atoms with Gasteiger partial charge in [0.15, 0.2) is 11.4 Å². The Hall–Kier alpha value is -2.75. The van der Waals surface area contributed by atoms with Crippen molar-refractivity contribution in [3.63, 3.8) is 0 Å². The lowest BCUT2D eigenvalue weighted by atomic mass is 10.1. The molecule has 0 aliphatic carbocycles. The number of benzene rings is 2. The van der Waals surface area contributed by atoms with E-state index in [9.17, 15) is 0 Å². The van der Waals surface area contributed by atoms with Gasteiger partial charge in [-0.3, -0.25) is 0 Å².